The van der Waals surface area contributed by atoms with E-state index < -0.39 is 5.97 Å². The number of aliphatic imine (C=N–C) groups is 1. The van der Waals surface area contributed by atoms with Crippen LogP contribution in [0.1, 0.15) is 18.1 Å². The first-order chi connectivity index (χ1) is 12.0. The van der Waals surface area contributed by atoms with Gasteiger partial charge in [0.15, 0.2) is 5.70 Å². The van der Waals surface area contributed by atoms with E-state index in [1.165, 1.54) is 0 Å². The molecule has 25 heavy (non-hydrogen) atoms. The van der Waals surface area contributed by atoms with E-state index in [9.17, 15) is 4.79 Å². The molecule has 0 spiro atoms. The second kappa shape index (κ2) is 7.65. The van der Waals surface area contributed by atoms with Gasteiger partial charge in [0.25, 0.3) is 0 Å². The number of hydrogen-bond acceptors (Lipinski definition) is 4. The predicted molar refractivity (Wildman–Crippen MR) is 107 cm³/mol. The van der Waals surface area contributed by atoms with E-state index in [1.54, 1.807) is 6.08 Å². The smallest absolute Gasteiger partial charge is 0.363 e. The minimum absolute atomic E-state index is 0.250. The van der Waals surface area contributed by atoms with Crippen molar-refractivity contribution in [3.05, 3.63) is 81.1 Å². The highest BCUT2D eigenvalue weighted by molar-refractivity contribution is 14.1. The molecule has 5 heteroatoms. The van der Waals surface area contributed by atoms with Crippen molar-refractivity contribution in [1.82, 2.24) is 0 Å². The SMILES string of the molecule is C=C(C)COc1ccccc1/C=C1\N=C(c2cccc(I)c2)OC1=O. The minimum Gasteiger partial charge on any atom is -0.489 e. The number of nitrogens with zero attached hydrogens (tertiary/aromatic N) is 1. The van der Waals surface area contributed by atoms with Crippen molar-refractivity contribution in [2.75, 3.05) is 6.61 Å². The van der Waals surface area contributed by atoms with Gasteiger partial charge in [-0.3, -0.25) is 0 Å². The van der Waals surface area contributed by atoms with E-state index in [0.29, 0.717) is 18.3 Å². The number of benzene rings is 2. The Labute approximate surface area is 160 Å². The van der Waals surface area contributed by atoms with Gasteiger partial charge in [-0.15, -0.1) is 0 Å². The normalized spacial score (nSPS) is 15.0. The molecule has 0 bridgehead atoms. The van der Waals surface area contributed by atoms with Crippen molar-refractivity contribution in [2.24, 2.45) is 4.99 Å². The molecule has 0 amide bonds. The lowest BCUT2D eigenvalue weighted by atomic mass is 10.1. The molecule has 1 aliphatic rings. The third-order valence-corrected chi connectivity index (χ3v) is 4.05. The summed E-state index contributed by atoms with van der Waals surface area (Å²) in [6.45, 7) is 6.14. The molecule has 0 aliphatic carbocycles. The fraction of sp³-hybridized carbons (Fsp3) is 0.100. The molecule has 0 atom stereocenters. The summed E-state index contributed by atoms with van der Waals surface area (Å²) in [4.78, 5) is 16.5. The molecule has 0 fully saturated rings. The Morgan fingerprint density at radius 3 is 2.84 bits per heavy atom. The lowest BCUT2D eigenvalue weighted by Gasteiger charge is -2.08. The molecule has 2 aromatic rings. The van der Waals surface area contributed by atoms with Gasteiger partial charge in [-0.25, -0.2) is 9.79 Å². The summed E-state index contributed by atoms with van der Waals surface area (Å²) < 4.78 is 12.1. The Hall–Kier alpha value is -2.41. The number of ether oxygens (including phenoxy) is 2. The van der Waals surface area contributed by atoms with Gasteiger partial charge in [0.1, 0.15) is 12.4 Å². The van der Waals surface area contributed by atoms with Crippen LogP contribution in [0.2, 0.25) is 0 Å². The van der Waals surface area contributed by atoms with Crippen LogP contribution in [0.4, 0.5) is 0 Å². The summed E-state index contributed by atoms with van der Waals surface area (Å²) >= 11 is 2.21. The molecular weight excluding hydrogens is 429 g/mol. The molecule has 0 N–H and O–H groups in total. The second-order valence-corrected chi connectivity index (χ2v) is 6.88. The van der Waals surface area contributed by atoms with E-state index in [2.05, 4.69) is 34.2 Å². The molecule has 126 valence electrons. The molecule has 0 unspecified atom stereocenters. The van der Waals surface area contributed by atoms with E-state index in [4.69, 9.17) is 9.47 Å². The number of carbonyl (C=O) groups excluding carboxylic acids is 1. The largest absolute Gasteiger partial charge is 0.489 e. The number of rotatable bonds is 5. The summed E-state index contributed by atoms with van der Waals surface area (Å²) in [6.07, 6.45) is 1.68. The summed E-state index contributed by atoms with van der Waals surface area (Å²) in [5.74, 6) is 0.516. The van der Waals surface area contributed by atoms with Crippen LogP contribution in [0, 0.1) is 3.57 Å². The third-order valence-electron chi connectivity index (χ3n) is 3.38. The molecule has 0 radical (unpaired) electrons. The first kappa shape index (κ1) is 17.4. The lowest BCUT2D eigenvalue weighted by Crippen LogP contribution is -2.05. The van der Waals surface area contributed by atoms with Gasteiger partial charge in [0.2, 0.25) is 5.90 Å². The first-order valence-corrected chi connectivity index (χ1v) is 8.75. The number of cyclic esters (lactones) is 1. The monoisotopic (exact) mass is 445 g/mol. The molecule has 1 aliphatic heterocycles. The van der Waals surface area contributed by atoms with Gasteiger partial charge in [-0.2, -0.15) is 0 Å². The summed E-state index contributed by atoms with van der Waals surface area (Å²) in [6, 6.07) is 15.1. The van der Waals surface area contributed by atoms with Gasteiger partial charge in [-0.1, -0.05) is 30.8 Å². The first-order valence-electron chi connectivity index (χ1n) is 7.67. The van der Waals surface area contributed by atoms with Crippen LogP contribution in [0.15, 0.2) is 71.4 Å². The molecule has 0 saturated heterocycles. The van der Waals surface area contributed by atoms with Gasteiger partial charge >= 0.3 is 5.97 Å². The maximum Gasteiger partial charge on any atom is 0.363 e. The van der Waals surface area contributed by atoms with Crippen molar-refractivity contribution >= 4 is 40.5 Å². The fourth-order valence-corrected chi connectivity index (χ4v) is 2.78. The third kappa shape index (κ3) is 4.36. The van der Waals surface area contributed by atoms with Gasteiger partial charge in [-0.05, 0) is 65.4 Å². The van der Waals surface area contributed by atoms with E-state index in [0.717, 1.165) is 20.3 Å². The Morgan fingerprint density at radius 1 is 1.28 bits per heavy atom. The van der Waals surface area contributed by atoms with Crippen molar-refractivity contribution in [3.8, 4) is 5.75 Å². The Balaban J connectivity index is 1.91. The highest BCUT2D eigenvalue weighted by Crippen LogP contribution is 2.25. The zero-order valence-electron chi connectivity index (χ0n) is 13.7. The molecule has 0 aromatic heterocycles. The number of carbonyl (C=O) groups is 1. The van der Waals surface area contributed by atoms with Crippen molar-refractivity contribution in [3.63, 3.8) is 0 Å². The Kier molecular flexibility index (Phi) is 5.33. The highest BCUT2D eigenvalue weighted by atomic mass is 127. The maximum absolute atomic E-state index is 12.2. The van der Waals surface area contributed by atoms with Crippen LogP contribution in [-0.2, 0) is 9.53 Å². The maximum atomic E-state index is 12.2. The fourth-order valence-electron chi connectivity index (χ4n) is 2.23. The zero-order valence-corrected chi connectivity index (χ0v) is 15.8. The van der Waals surface area contributed by atoms with Crippen molar-refractivity contribution in [1.29, 1.82) is 0 Å². The van der Waals surface area contributed by atoms with Crippen molar-refractivity contribution < 1.29 is 14.3 Å². The lowest BCUT2D eigenvalue weighted by molar-refractivity contribution is -0.129. The van der Waals surface area contributed by atoms with Crippen molar-refractivity contribution in [2.45, 2.75) is 6.92 Å². The van der Waals surface area contributed by atoms with Gasteiger partial charge in [0, 0.05) is 14.7 Å². The van der Waals surface area contributed by atoms with E-state index in [1.807, 2.05) is 55.5 Å². The summed E-state index contributed by atoms with van der Waals surface area (Å²) in [5, 5.41) is 0. The van der Waals surface area contributed by atoms with Gasteiger partial charge < -0.3 is 9.47 Å². The predicted octanol–water partition coefficient (Wildman–Crippen LogP) is 4.59. The quantitative estimate of drug-likeness (QED) is 0.293. The van der Waals surface area contributed by atoms with Crippen LogP contribution >= 0.6 is 22.6 Å². The molecule has 2 aromatic carbocycles. The standard InChI is InChI=1S/C20H16INO3/c1-13(2)12-24-18-9-4-3-6-14(18)11-17-20(23)25-19(22-17)15-7-5-8-16(21)10-15/h3-11H,1,12H2,2H3/b17-11-. The number of esters is 1. The molecule has 1 heterocycles. The Bertz CT molecular complexity index is 899. The number of halogens is 1. The summed E-state index contributed by atoms with van der Waals surface area (Å²) in [7, 11) is 0. The zero-order chi connectivity index (χ0) is 17.8. The van der Waals surface area contributed by atoms with Crippen LogP contribution in [-0.4, -0.2) is 18.5 Å². The second-order valence-electron chi connectivity index (χ2n) is 5.63. The van der Waals surface area contributed by atoms with Crippen LogP contribution in [0.25, 0.3) is 6.08 Å². The molecule has 0 saturated carbocycles. The van der Waals surface area contributed by atoms with E-state index in [-0.39, 0.29) is 5.70 Å². The van der Waals surface area contributed by atoms with Crippen LogP contribution < -0.4 is 4.74 Å². The van der Waals surface area contributed by atoms with Crippen LogP contribution in [0.5, 0.6) is 5.75 Å². The number of hydrogen-bond donors (Lipinski definition) is 0. The average Bonchev–Trinajstić information content (AvgIpc) is 2.95. The molecule has 4 nitrogen and oxygen atoms in total. The average molecular weight is 445 g/mol. The summed E-state index contributed by atoms with van der Waals surface area (Å²) in [5.41, 5.74) is 2.71. The van der Waals surface area contributed by atoms with Crippen LogP contribution in [0.3, 0.4) is 0 Å². The highest BCUT2D eigenvalue weighted by Gasteiger charge is 2.24. The Morgan fingerprint density at radius 2 is 2.08 bits per heavy atom. The molecule has 3 rings (SSSR count). The topological polar surface area (TPSA) is 47.9 Å². The van der Waals surface area contributed by atoms with E-state index >= 15 is 0 Å². The van der Waals surface area contributed by atoms with Gasteiger partial charge in [0.05, 0.1) is 0 Å². The minimum atomic E-state index is -0.469. The molecular formula is C20H16INO3. The number of para-hydroxylation sites is 1.